The molecule has 344 valence electrons. The Bertz CT molecular complexity index is 2270. The second-order valence-electron chi connectivity index (χ2n) is 17.7. The summed E-state index contributed by atoms with van der Waals surface area (Å²) in [6, 6.07) is 10.4. The summed E-state index contributed by atoms with van der Waals surface area (Å²) in [6.07, 6.45) is 3.48. The minimum absolute atomic E-state index is 0.102. The number of aryl methyl sites for hydroxylation is 1. The van der Waals surface area contributed by atoms with Crippen LogP contribution in [0.1, 0.15) is 114 Å². The molecule has 2 amide bonds. The van der Waals surface area contributed by atoms with Crippen molar-refractivity contribution in [2.24, 2.45) is 17.3 Å². The molecule has 7 unspecified atom stereocenters. The predicted octanol–water partition coefficient (Wildman–Crippen LogP) is 8.86. The van der Waals surface area contributed by atoms with Gasteiger partial charge in [-0.2, -0.15) is 0 Å². The third-order valence-electron chi connectivity index (χ3n) is 12.5. The number of cyclic esters (lactones) is 1. The molecule has 3 aliphatic rings. The Morgan fingerprint density at radius 1 is 1.06 bits per heavy atom. The Labute approximate surface area is 382 Å². The fourth-order valence-corrected chi connectivity index (χ4v) is 9.48. The summed E-state index contributed by atoms with van der Waals surface area (Å²) in [7, 11) is 0. The van der Waals surface area contributed by atoms with Gasteiger partial charge in [0.2, 0.25) is 0 Å². The number of Topliss-reactive ketones (excluding diaryl/α,β-unsaturated/α-hetero) is 1. The quantitative estimate of drug-likeness (QED) is 0.0428. The fourth-order valence-electron chi connectivity index (χ4n) is 8.43. The van der Waals surface area contributed by atoms with Crippen LogP contribution < -0.4 is 4.74 Å². The Hall–Kier alpha value is -4.96. The number of amides is 2. The molecule has 2 saturated heterocycles. The molecule has 14 nitrogen and oxygen atoms in total. The summed E-state index contributed by atoms with van der Waals surface area (Å²) >= 11 is 8.02. The molecule has 64 heavy (non-hydrogen) atoms. The van der Waals surface area contributed by atoms with Crippen LogP contribution >= 0.6 is 22.9 Å². The smallest absolute Gasteiger partial charge is 0.457 e. The number of nitrogens with zero attached hydrogens (tertiary/aromatic N) is 2. The number of aliphatic hydroxyl groups is 1. The van der Waals surface area contributed by atoms with Gasteiger partial charge < -0.3 is 28.8 Å². The summed E-state index contributed by atoms with van der Waals surface area (Å²) in [6.45, 7) is 12.9. The van der Waals surface area contributed by atoms with Crippen molar-refractivity contribution in [2.45, 2.75) is 135 Å². The molecule has 2 fully saturated rings. The van der Waals surface area contributed by atoms with Crippen LogP contribution in [0.15, 0.2) is 61.2 Å². The molecule has 6 rings (SSSR count). The van der Waals surface area contributed by atoms with Crippen LogP contribution in [0.25, 0.3) is 10.2 Å². The van der Waals surface area contributed by atoms with E-state index in [0.717, 1.165) is 25.7 Å². The molecule has 0 aliphatic carbocycles. The van der Waals surface area contributed by atoms with Crippen LogP contribution in [0.5, 0.6) is 5.75 Å². The Kier molecular flexibility index (Phi) is 15.8. The van der Waals surface area contributed by atoms with Crippen molar-refractivity contribution in [1.82, 2.24) is 9.88 Å². The van der Waals surface area contributed by atoms with E-state index >= 15 is 0 Å². The maximum absolute atomic E-state index is 14.5. The van der Waals surface area contributed by atoms with Crippen LogP contribution in [-0.2, 0) is 49.5 Å². The number of hydrogen-bond acceptors (Lipinski definition) is 14. The molecule has 3 aromatic rings. The molecule has 1 N–H and O–H groups in total. The van der Waals surface area contributed by atoms with E-state index < -0.39 is 65.5 Å². The van der Waals surface area contributed by atoms with Crippen molar-refractivity contribution in [3.63, 3.8) is 0 Å². The predicted molar refractivity (Wildman–Crippen MR) is 238 cm³/mol. The second-order valence-corrected chi connectivity index (χ2v) is 19.4. The molecule has 4 heterocycles. The molecule has 1 aromatic heterocycles. The first-order chi connectivity index (χ1) is 30.4. The first kappa shape index (κ1) is 48.5. The SMILES string of the molecule is C=CCC1C(=O)C(C)(C)C(O)CC(=O)OC(c2ccc3sc(C)nc3c2)CC2OC2(C)CCCC(C)C1OC(=O)OCc1ccc(OC(=O)CCCCCN2C(=O)C=CC2=O)c(Cl)c1. The maximum Gasteiger partial charge on any atom is 0.508 e. The van der Waals surface area contributed by atoms with Gasteiger partial charge in [-0.15, -0.1) is 17.9 Å². The lowest BCUT2D eigenvalue weighted by Crippen LogP contribution is -2.47. The van der Waals surface area contributed by atoms with Crippen molar-refractivity contribution >= 4 is 68.8 Å². The number of esters is 2. The number of rotatable bonds is 13. The number of halogens is 1. The zero-order valence-corrected chi connectivity index (χ0v) is 38.5. The minimum atomic E-state index is -1.46. The van der Waals surface area contributed by atoms with Gasteiger partial charge in [0, 0.05) is 31.5 Å². The lowest BCUT2D eigenvalue weighted by molar-refractivity contribution is -0.157. The molecule has 3 aliphatic heterocycles. The highest BCUT2D eigenvalue weighted by Crippen LogP contribution is 2.47. The Balaban J connectivity index is 1.08. The fraction of sp³-hybridized carbons (Fsp3) is 0.521. The molecule has 7 atom stereocenters. The standard InChI is InChI=1S/C48H57ClN2O12S/c1-7-12-32-44(62-46(58)59-27-30-15-17-35(33(49)23-30)60-42(55)14-9-8-10-22-51-40(53)19-20-41(51)54)28(2)13-11-21-48(6)39(63-48)25-36(31-16-18-37-34(24-31)50-29(3)64-37)61-43(56)26-38(52)47(4,5)45(32)57/h7,15-20,23-24,28,32,36,38-39,44,52H,1,8-14,21-22,25-27H2,2-6H3. The van der Waals surface area contributed by atoms with Crippen LogP contribution in [0, 0.1) is 24.2 Å². The van der Waals surface area contributed by atoms with Gasteiger partial charge in [0.15, 0.2) is 0 Å². The van der Waals surface area contributed by atoms with Gasteiger partial charge in [0.05, 0.1) is 55.8 Å². The second kappa shape index (κ2) is 20.9. The highest BCUT2D eigenvalue weighted by Gasteiger charge is 2.53. The highest BCUT2D eigenvalue weighted by molar-refractivity contribution is 7.18. The van der Waals surface area contributed by atoms with Gasteiger partial charge in [-0.3, -0.25) is 28.9 Å². The number of aliphatic hydroxyl groups excluding tert-OH is 1. The number of carbonyl (C=O) groups excluding carboxylic acids is 6. The third-order valence-corrected chi connectivity index (χ3v) is 13.7. The van der Waals surface area contributed by atoms with Crippen LogP contribution in [0.3, 0.4) is 0 Å². The van der Waals surface area contributed by atoms with Gasteiger partial charge in [-0.1, -0.05) is 63.4 Å². The van der Waals surface area contributed by atoms with Crippen molar-refractivity contribution in [3.8, 4) is 5.75 Å². The summed E-state index contributed by atoms with van der Waals surface area (Å²) < 4.78 is 30.3. The van der Waals surface area contributed by atoms with E-state index in [1.165, 1.54) is 24.3 Å². The van der Waals surface area contributed by atoms with E-state index in [0.29, 0.717) is 50.5 Å². The summed E-state index contributed by atoms with van der Waals surface area (Å²) in [5.41, 5.74) is 0.121. The van der Waals surface area contributed by atoms with E-state index in [2.05, 4.69) is 11.6 Å². The number of epoxide rings is 1. The average molecular weight is 922 g/mol. The number of unbranched alkanes of at least 4 members (excludes halogenated alkanes) is 2. The number of aromatic nitrogens is 1. The summed E-state index contributed by atoms with van der Waals surface area (Å²) in [4.78, 5) is 83.2. The number of thiazole rings is 1. The molecular formula is C48H57ClN2O12S. The normalized spacial score (nSPS) is 26.3. The lowest BCUT2D eigenvalue weighted by Gasteiger charge is -2.37. The number of imide groups is 1. The van der Waals surface area contributed by atoms with Crippen LogP contribution in [0.4, 0.5) is 4.79 Å². The first-order valence-corrected chi connectivity index (χ1v) is 23.0. The van der Waals surface area contributed by atoms with Crippen molar-refractivity contribution in [3.05, 3.63) is 82.4 Å². The molecule has 0 saturated carbocycles. The molecule has 0 spiro atoms. The number of ketones is 1. The van der Waals surface area contributed by atoms with E-state index in [1.54, 1.807) is 37.3 Å². The molecule has 0 radical (unpaired) electrons. The van der Waals surface area contributed by atoms with Crippen molar-refractivity contribution in [1.29, 1.82) is 0 Å². The number of hydrogen-bond donors (Lipinski definition) is 1. The number of allylic oxidation sites excluding steroid dienone is 1. The van der Waals surface area contributed by atoms with E-state index in [4.69, 9.17) is 35.3 Å². The number of benzene rings is 2. The maximum atomic E-state index is 14.5. The zero-order valence-electron chi connectivity index (χ0n) is 37.0. The van der Waals surface area contributed by atoms with Crippen molar-refractivity contribution in [2.75, 3.05) is 6.54 Å². The van der Waals surface area contributed by atoms with Gasteiger partial charge in [-0.05, 0) is 87.3 Å². The monoisotopic (exact) mass is 920 g/mol. The van der Waals surface area contributed by atoms with E-state index in [9.17, 15) is 33.9 Å². The number of fused-ring (bicyclic) bond motifs is 2. The zero-order chi connectivity index (χ0) is 46.3. The third kappa shape index (κ3) is 12.0. The van der Waals surface area contributed by atoms with E-state index in [-0.39, 0.29) is 60.6 Å². The van der Waals surface area contributed by atoms with Crippen LogP contribution in [0.2, 0.25) is 5.02 Å². The van der Waals surface area contributed by atoms with Gasteiger partial charge >= 0.3 is 18.1 Å². The highest BCUT2D eigenvalue weighted by atomic mass is 35.5. The average Bonchev–Trinajstić information content (AvgIpc) is 3.52. The Morgan fingerprint density at radius 3 is 2.53 bits per heavy atom. The van der Waals surface area contributed by atoms with Crippen LogP contribution in [-0.4, -0.2) is 81.1 Å². The largest absolute Gasteiger partial charge is 0.508 e. The molecule has 16 heteroatoms. The van der Waals surface area contributed by atoms with Crippen molar-refractivity contribution < 1.29 is 57.6 Å². The summed E-state index contributed by atoms with van der Waals surface area (Å²) in [5.74, 6) is -3.42. The molecular weight excluding hydrogens is 864 g/mol. The molecule has 2 aromatic carbocycles. The van der Waals surface area contributed by atoms with Gasteiger partial charge in [-0.25, -0.2) is 9.78 Å². The summed E-state index contributed by atoms with van der Waals surface area (Å²) in [5, 5.41) is 12.6. The van der Waals surface area contributed by atoms with Gasteiger partial charge in [0.25, 0.3) is 11.8 Å². The van der Waals surface area contributed by atoms with E-state index in [1.807, 2.05) is 39.0 Å². The minimum Gasteiger partial charge on any atom is -0.457 e. The lowest BCUT2D eigenvalue weighted by atomic mass is 9.71. The van der Waals surface area contributed by atoms with Gasteiger partial charge in [0.1, 0.15) is 30.3 Å². The molecule has 0 bridgehead atoms. The Morgan fingerprint density at radius 2 is 1.81 bits per heavy atom. The topological polar surface area (TPSA) is 188 Å². The first-order valence-electron chi connectivity index (χ1n) is 21.8. The number of ether oxygens (including phenoxy) is 5. The number of carbonyl (C=O) groups is 6.